The van der Waals surface area contributed by atoms with Crippen LogP contribution in [0, 0.1) is 0 Å². The maximum Gasteiger partial charge on any atom is -0.00197 e. The highest BCUT2D eigenvalue weighted by molar-refractivity contribution is 7.80. The van der Waals surface area contributed by atoms with Crippen molar-refractivity contribution >= 4 is 110 Å². The molecule has 1 aliphatic rings. The Morgan fingerprint density at radius 2 is 0.683 bits per heavy atom. The molecule has 0 amide bonds. The zero-order valence-electron chi connectivity index (χ0n) is 34.3. The Bertz CT molecular complexity index is 3960. The monoisotopic (exact) mass is 812 g/mol. The van der Waals surface area contributed by atoms with E-state index in [0.717, 1.165) is 0 Å². The third kappa shape index (κ3) is 5.08. The lowest BCUT2D eigenvalue weighted by atomic mass is 9.88. The fourth-order valence-corrected chi connectivity index (χ4v) is 13.8. The van der Waals surface area contributed by atoms with Gasteiger partial charge in [-0.3, -0.25) is 0 Å². The van der Waals surface area contributed by atoms with E-state index in [1.54, 1.807) is 0 Å². The van der Waals surface area contributed by atoms with Gasteiger partial charge < -0.3 is 0 Å². The molecule has 0 N–H and O–H groups in total. The quantitative estimate of drug-likeness (QED) is 0.123. The number of fused-ring (bicyclic) bond motifs is 16. The Morgan fingerprint density at radius 1 is 0.222 bits per heavy atom. The van der Waals surface area contributed by atoms with Gasteiger partial charge in [0.2, 0.25) is 0 Å². The second kappa shape index (κ2) is 13.4. The van der Waals surface area contributed by atoms with Crippen LogP contribution >= 0.6 is 7.92 Å². The second-order valence-corrected chi connectivity index (χ2v) is 19.3. The minimum atomic E-state index is -0.980. The first-order chi connectivity index (χ1) is 31.3. The van der Waals surface area contributed by atoms with Gasteiger partial charge in [-0.25, -0.2) is 0 Å². The van der Waals surface area contributed by atoms with E-state index in [9.17, 15) is 0 Å². The summed E-state index contributed by atoms with van der Waals surface area (Å²) in [4.78, 5) is 0. The molecule has 14 rings (SSSR count). The molecule has 0 radical (unpaired) electrons. The number of hydrogen-bond acceptors (Lipinski definition) is 0. The van der Waals surface area contributed by atoms with E-state index >= 15 is 0 Å². The smallest absolute Gasteiger partial charge is 0.00197 e. The highest BCUT2D eigenvalue weighted by atomic mass is 31.1. The van der Waals surface area contributed by atoms with Gasteiger partial charge in [0.05, 0.1) is 0 Å². The minimum Gasteiger partial charge on any atom is -0.0616 e. The van der Waals surface area contributed by atoms with Crippen molar-refractivity contribution in [1.29, 1.82) is 0 Å². The van der Waals surface area contributed by atoms with Crippen molar-refractivity contribution in [2.75, 3.05) is 0 Å². The predicted molar refractivity (Wildman–Crippen MR) is 275 cm³/mol. The average Bonchev–Trinajstić information content (AvgIpc) is 3.68. The van der Waals surface area contributed by atoms with Gasteiger partial charge >= 0.3 is 0 Å². The van der Waals surface area contributed by atoms with Crippen LogP contribution in [-0.4, -0.2) is 0 Å². The Balaban J connectivity index is 0.982. The third-order valence-electron chi connectivity index (χ3n) is 13.9. The molecular weight excluding hydrogens is 776 g/mol. The van der Waals surface area contributed by atoms with Crippen LogP contribution in [0.3, 0.4) is 0 Å². The fraction of sp³-hybridized carbons (Fsp3) is 0. The molecule has 1 heteroatoms. The standard InChI is InChI=1S/C62H37P/c1-3-16-43-40(14-1)35-59(51-24-11-9-18-45(43)51)63(60-36-41-15-2-4-17-44(41)46-19-10-12-25-52(46)60)42-31-28-38(29-32-42)39-30-33-54-56(34-39)48-21-6-8-23-50(48)58-37-57-49-22-7-5-20-47(49)53-26-13-27-55(61(53)57)62(54)58/h1-37H. The van der Waals surface area contributed by atoms with Crippen LogP contribution in [0.15, 0.2) is 224 Å². The maximum atomic E-state index is 2.48. The van der Waals surface area contributed by atoms with Crippen LogP contribution < -0.4 is 15.9 Å². The minimum absolute atomic E-state index is 0.980. The molecule has 0 heterocycles. The second-order valence-electron chi connectivity index (χ2n) is 17.1. The molecule has 13 aromatic rings. The molecule has 0 spiro atoms. The molecule has 0 unspecified atom stereocenters. The maximum absolute atomic E-state index is 2.48. The Morgan fingerprint density at radius 3 is 1.30 bits per heavy atom. The molecule has 0 bridgehead atoms. The van der Waals surface area contributed by atoms with Crippen LogP contribution in [0.5, 0.6) is 0 Å². The first-order valence-corrected chi connectivity index (χ1v) is 23.3. The topological polar surface area (TPSA) is 0 Å². The summed E-state index contributed by atoms with van der Waals surface area (Å²) < 4.78 is 0. The van der Waals surface area contributed by atoms with Crippen LogP contribution in [0.4, 0.5) is 0 Å². The lowest BCUT2D eigenvalue weighted by Crippen LogP contribution is -2.22. The van der Waals surface area contributed by atoms with Crippen LogP contribution in [0.2, 0.25) is 0 Å². The predicted octanol–water partition coefficient (Wildman–Crippen LogP) is 16.0. The molecule has 0 saturated carbocycles. The van der Waals surface area contributed by atoms with Crippen LogP contribution in [0.1, 0.15) is 0 Å². The van der Waals surface area contributed by atoms with E-state index in [-0.39, 0.29) is 0 Å². The molecule has 0 nitrogen and oxygen atoms in total. The molecule has 13 aromatic carbocycles. The van der Waals surface area contributed by atoms with Gasteiger partial charge in [0.25, 0.3) is 0 Å². The summed E-state index contributed by atoms with van der Waals surface area (Å²) in [6, 6.07) is 84.8. The van der Waals surface area contributed by atoms with Gasteiger partial charge in [-0.05, 0) is 168 Å². The summed E-state index contributed by atoms with van der Waals surface area (Å²) in [6.07, 6.45) is 0. The van der Waals surface area contributed by atoms with Crippen molar-refractivity contribution < 1.29 is 0 Å². The highest BCUT2D eigenvalue weighted by Crippen LogP contribution is 2.52. The van der Waals surface area contributed by atoms with Crippen molar-refractivity contribution in [2.45, 2.75) is 0 Å². The first-order valence-electron chi connectivity index (χ1n) is 21.9. The summed E-state index contributed by atoms with van der Waals surface area (Å²) in [5.74, 6) is 0. The summed E-state index contributed by atoms with van der Waals surface area (Å²) in [6.45, 7) is 0. The molecule has 0 atom stereocenters. The lowest BCUT2D eigenvalue weighted by Gasteiger charge is -2.25. The third-order valence-corrected chi connectivity index (χ3v) is 16.4. The van der Waals surface area contributed by atoms with Crippen molar-refractivity contribution in [1.82, 2.24) is 0 Å². The fourth-order valence-electron chi connectivity index (χ4n) is 11.1. The van der Waals surface area contributed by atoms with Gasteiger partial charge in [-0.2, -0.15) is 0 Å². The molecule has 0 saturated heterocycles. The zero-order valence-corrected chi connectivity index (χ0v) is 35.2. The molecule has 0 fully saturated rings. The molecule has 290 valence electrons. The van der Waals surface area contributed by atoms with Crippen LogP contribution in [0.25, 0.3) is 120 Å². The first kappa shape index (κ1) is 35.0. The highest BCUT2D eigenvalue weighted by Gasteiger charge is 2.26. The molecular formula is C62H37P. The molecule has 0 aliphatic heterocycles. The Labute approximate surface area is 366 Å². The summed E-state index contributed by atoms with van der Waals surface area (Å²) in [5.41, 5.74) is 7.80. The van der Waals surface area contributed by atoms with Crippen molar-refractivity contribution in [2.24, 2.45) is 0 Å². The van der Waals surface area contributed by atoms with E-state index in [1.807, 2.05) is 0 Å². The zero-order chi connectivity index (χ0) is 41.2. The Kier molecular flexibility index (Phi) is 7.47. The number of benzene rings is 13. The number of hydrogen-bond donors (Lipinski definition) is 0. The molecule has 0 aromatic heterocycles. The van der Waals surface area contributed by atoms with Crippen molar-refractivity contribution in [3.63, 3.8) is 0 Å². The summed E-state index contributed by atoms with van der Waals surface area (Å²) in [7, 11) is -0.980. The van der Waals surface area contributed by atoms with Crippen molar-refractivity contribution in [3.8, 4) is 33.4 Å². The van der Waals surface area contributed by atoms with E-state index in [1.165, 1.54) is 135 Å². The summed E-state index contributed by atoms with van der Waals surface area (Å²) in [5, 5.41) is 25.1. The average molecular weight is 813 g/mol. The van der Waals surface area contributed by atoms with Crippen LogP contribution in [-0.2, 0) is 0 Å². The molecule has 1 aliphatic carbocycles. The SMILES string of the molecule is c1ccc2c(c1)-c1cccc3c1c-2cc1c2ccccc2c2cc(-c4ccc(P(c5cc6ccccc6c6ccccc56)c5cc6ccccc6c6ccccc56)cc4)ccc2c31. The number of rotatable bonds is 4. The van der Waals surface area contributed by atoms with Crippen molar-refractivity contribution in [3.05, 3.63) is 224 Å². The van der Waals surface area contributed by atoms with Gasteiger partial charge in [0.1, 0.15) is 0 Å². The van der Waals surface area contributed by atoms with E-state index in [4.69, 9.17) is 0 Å². The molecule has 63 heavy (non-hydrogen) atoms. The normalized spacial score (nSPS) is 12.3. The van der Waals surface area contributed by atoms with Gasteiger partial charge in [-0.15, -0.1) is 0 Å². The van der Waals surface area contributed by atoms with Gasteiger partial charge in [-0.1, -0.05) is 200 Å². The van der Waals surface area contributed by atoms with Gasteiger partial charge in [0.15, 0.2) is 0 Å². The lowest BCUT2D eigenvalue weighted by molar-refractivity contribution is 1.68. The Hall–Kier alpha value is -7.63. The van der Waals surface area contributed by atoms with Gasteiger partial charge in [0, 0.05) is 0 Å². The largest absolute Gasteiger partial charge is 0.0616 e. The van der Waals surface area contributed by atoms with E-state index in [2.05, 4.69) is 224 Å². The summed E-state index contributed by atoms with van der Waals surface area (Å²) >= 11 is 0. The van der Waals surface area contributed by atoms with E-state index in [0.29, 0.717) is 0 Å². The van der Waals surface area contributed by atoms with E-state index < -0.39 is 7.92 Å².